The standard InChI is InChI=1S/C20H37NO6.C20H21NO4S2.C14H10O4.C12H21NO4.C6H10O2/c1-7-11-17(22)26-16(8-2)14-15(3)25-18(23)12-9-10-13-21-19(24)27-20(4,5)6;1-3-24-18(22)17(19(23)25-4-2)27-20(26)21(15-11-7-5-8-12-15)16-13-9-6-10-14-16;15-13(11-7-3-1-4-8-11)17-18-14(16)12-9-5-2-6-10-12;1-5-16-10(14)8-6-7-9-13-11(15)17-12(2,3)4;1-3-5-6(7)8-4-2/h15-16H,7-14H2,1-6H3,(H,21,24);5-14,17H,3-4H2,1-2H3;1-10H;5H,1,6-9H2,2-4H3,(H,13,15);4H,2-3,5H2,1H3. The van der Waals surface area contributed by atoms with Crippen molar-refractivity contribution < 1.29 is 95.6 Å². The lowest BCUT2D eigenvalue weighted by atomic mass is 10.1. The second kappa shape index (κ2) is 52.1. The van der Waals surface area contributed by atoms with Crippen LogP contribution in [0.5, 0.6) is 0 Å². The van der Waals surface area contributed by atoms with E-state index < -0.39 is 52.5 Å². The zero-order chi connectivity index (χ0) is 73.0. The van der Waals surface area contributed by atoms with Crippen molar-refractivity contribution in [1.82, 2.24) is 10.6 Å². The lowest BCUT2D eigenvalue weighted by molar-refractivity contribution is -0.187. The Balaban J connectivity index is 0.00000124. The number of rotatable bonds is 30. The normalized spacial score (nSPS) is 10.9. The molecule has 0 saturated heterocycles. The van der Waals surface area contributed by atoms with Gasteiger partial charge in [0.25, 0.3) is 0 Å². The number of carbonyl (C=O) groups is 10. The maximum absolute atomic E-state index is 12.3. The summed E-state index contributed by atoms with van der Waals surface area (Å²) in [5.74, 6) is -3.75. The summed E-state index contributed by atoms with van der Waals surface area (Å²) in [5, 5.41) is 4.09. The third-order valence-corrected chi connectivity index (χ3v) is 13.1. The number of alkyl carbamates (subject to hydrolysis) is 2. The summed E-state index contributed by atoms with van der Waals surface area (Å²) >= 11 is 6.54. The molecule has 2 N–H and O–H groups in total. The average Bonchev–Trinajstić information content (AvgIpc) is 0.833. The van der Waals surface area contributed by atoms with Gasteiger partial charge in [0.1, 0.15) is 27.7 Å². The zero-order valence-electron chi connectivity index (χ0n) is 58.1. The second-order valence-corrected chi connectivity index (χ2v) is 24.1. The van der Waals surface area contributed by atoms with E-state index in [2.05, 4.69) is 43.0 Å². The Morgan fingerprint density at radius 1 is 0.515 bits per heavy atom. The summed E-state index contributed by atoms with van der Waals surface area (Å²) in [6.07, 6.45) is 7.71. The van der Waals surface area contributed by atoms with Crippen LogP contribution in [0.4, 0.5) is 21.0 Å². The predicted octanol–water partition coefficient (Wildman–Crippen LogP) is 14.9. The van der Waals surface area contributed by atoms with Gasteiger partial charge < -0.3 is 48.5 Å². The first kappa shape index (κ1) is 87.9. The Morgan fingerprint density at radius 3 is 1.24 bits per heavy atom. The number of thioether (sulfide) groups is 1. The van der Waals surface area contributed by atoms with Crippen LogP contribution in [0, 0.1) is 0 Å². The molecule has 4 rings (SSSR count). The molecule has 4 aromatic carbocycles. The largest absolute Gasteiger partial charge is 0.465 e. The van der Waals surface area contributed by atoms with Crippen LogP contribution in [0.15, 0.2) is 147 Å². The fourth-order valence-corrected chi connectivity index (χ4v) is 8.72. The number of thiocarbonyl (C=S) groups is 1. The number of anilines is 2. The number of amides is 2. The Labute approximate surface area is 581 Å². The van der Waals surface area contributed by atoms with Crippen LogP contribution >= 0.6 is 24.0 Å². The molecule has 97 heavy (non-hydrogen) atoms. The van der Waals surface area contributed by atoms with Gasteiger partial charge in [-0.2, -0.15) is 0 Å². The molecule has 0 spiro atoms. The van der Waals surface area contributed by atoms with Crippen LogP contribution in [0.3, 0.4) is 0 Å². The summed E-state index contributed by atoms with van der Waals surface area (Å²) in [7, 11) is 0. The number of para-hydroxylation sites is 2. The molecule has 0 aliphatic rings. The van der Waals surface area contributed by atoms with Crippen molar-refractivity contribution >= 4 is 99.6 Å². The molecule has 4 aromatic rings. The van der Waals surface area contributed by atoms with Gasteiger partial charge in [0, 0.05) is 56.6 Å². The molecule has 0 radical (unpaired) electrons. The van der Waals surface area contributed by atoms with Gasteiger partial charge in [0.15, 0.2) is 0 Å². The number of carbonyl (C=O) groups excluding carboxylic acids is 10. The van der Waals surface area contributed by atoms with E-state index in [4.69, 9.17) is 40.6 Å². The van der Waals surface area contributed by atoms with Gasteiger partial charge >= 0.3 is 59.9 Å². The maximum atomic E-state index is 12.3. The molecule has 0 saturated carbocycles. The third kappa shape index (κ3) is 45.1. The molecule has 0 aliphatic carbocycles. The predicted molar refractivity (Wildman–Crippen MR) is 375 cm³/mol. The van der Waals surface area contributed by atoms with Crippen molar-refractivity contribution in [2.75, 3.05) is 31.2 Å². The minimum absolute atomic E-state index is 0.170. The number of hydrogen-bond acceptors (Lipinski definition) is 22. The van der Waals surface area contributed by atoms with Gasteiger partial charge in [-0.25, -0.2) is 29.0 Å². The highest BCUT2D eigenvalue weighted by atomic mass is 32.2. The second-order valence-electron chi connectivity index (χ2n) is 22.4. The van der Waals surface area contributed by atoms with Gasteiger partial charge in [0.05, 0.1) is 36.9 Å². The first-order valence-electron chi connectivity index (χ1n) is 32.0. The number of nitrogens with one attached hydrogen (secondary N) is 2. The average molecular weight is 1390 g/mol. The van der Waals surface area contributed by atoms with Crippen LogP contribution in [0.1, 0.15) is 181 Å². The third-order valence-electron chi connectivity index (χ3n) is 11.6. The topological polar surface area (TPSA) is 290 Å². The molecular weight excluding hydrogens is 1290 g/mol. The number of ether oxygens (including phenoxy) is 8. The van der Waals surface area contributed by atoms with E-state index in [-0.39, 0.29) is 55.7 Å². The summed E-state index contributed by atoms with van der Waals surface area (Å²) in [6, 6.07) is 35.6. The number of esters is 6. The van der Waals surface area contributed by atoms with Crippen molar-refractivity contribution in [2.24, 2.45) is 0 Å². The molecule has 0 aliphatic heterocycles. The summed E-state index contributed by atoms with van der Waals surface area (Å²) in [6.45, 7) is 29.6. The molecule has 2 atom stereocenters. The summed E-state index contributed by atoms with van der Waals surface area (Å²) in [5.41, 5.74) is 1.28. The minimum atomic E-state index is -1.17. The first-order valence-corrected chi connectivity index (χ1v) is 33.3. The Morgan fingerprint density at radius 2 is 0.876 bits per heavy atom. The highest BCUT2D eigenvalue weighted by Gasteiger charge is 2.34. The Hall–Kier alpha value is -9.10. The van der Waals surface area contributed by atoms with Crippen molar-refractivity contribution in [2.45, 2.75) is 189 Å². The quantitative estimate of drug-likeness (QED) is 0.00716. The van der Waals surface area contributed by atoms with Crippen LogP contribution in [-0.2, 0) is 76.4 Å². The van der Waals surface area contributed by atoms with Crippen LogP contribution in [0.25, 0.3) is 0 Å². The van der Waals surface area contributed by atoms with Crippen molar-refractivity contribution in [3.63, 3.8) is 0 Å². The molecule has 0 heterocycles. The number of unbranched alkanes of at least 4 members (excludes halogenated alkanes) is 2. The summed E-state index contributed by atoms with van der Waals surface area (Å²) < 4.78 is 40.3. The zero-order valence-corrected chi connectivity index (χ0v) is 59.7. The van der Waals surface area contributed by atoms with E-state index in [9.17, 15) is 47.9 Å². The van der Waals surface area contributed by atoms with Gasteiger partial charge in [-0.3, -0.25) is 33.7 Å². The highest BCUT2D eigenvalue weighted by molar-refractivity contribution is 8.24. The maximum Gasteiger partial charge on any atom is 0.407 e. The van der Waals surface area contributed by atoms with Gasteiger partial charge in [-0.15, -0.1) is 0 Å². The van der Waals surface area contributed by atoms with Crippen LogP contribution in [0.2, 0.25) is 0 Å². The molecular formula is C72H99N3O20S2. The van der Waals surface area contributed by atoms with Crippen LogP contribution < -0.4 is 15.5 Å². The van der Waals surface area contributed by atoms with Crippen molar-refractivity contribution in [3.8, 4) is 0 Å². The lowest BCUT2D eigenvalue weighted by Gasteiger charge is -2.26. The van der Waals surface area contributed by atoms with E-state index >= 15 is 0 Å². The Bertz CT molecular complexity index is 2870. The Kier molecular flexibility index (Phi) is 47.2. The van der Waals surface area contributed by atoms with Gasteiger partial charge in [-0.1, -0.05) is 131 Å². The highest BCUT2D eigenvalue weighted by Crippen LogP contribution is 2.31. The van der Waals surface area contributed by atoms with Gasteiger partial charge in [0.2, 0.25) is 5.25 Å². The number of nitrogens with zero attached hydrogens (tertiary/aromatic N) is 1. The number of benzene rings is 4. The van der Waals surface area contributed by atoms with E-state index in [1.165, 1.54) is 0 Å². The first-order chi connectivity index (χ1) is 46.1. The molecule has 25 heteroatoms. The molecule has 2 unspecified atom stereocenters. The summed E-state index contributed by atoms with van der Waals surface area (Å²) in [4.78, 5) is 126. The molecule has 534 valence electrons. The van der Waals surface area contributed by atoms with Crippen molar-refractivity contribution in [1.29, 1.82) is 0 Å². The van der Waals surface area contributed by atoms with E-state index in [0.29, 0.717) is 86.3 Å². The van der Waals surface area contributed by atoms with E-state index in [0.717, 1.165) is 48.5 Å². The minimum Gasteiger partial charge on any atom is -0.465 e. The molecule has 23 nitrogen and oxygen atoms in total. The SMILES string of the molecule is C=COC(=O)CCC.C=COC(=O)CCCCNC(=O)OC(C)(C)C.CCCC(=O)OC(CC)CC(C)OC(=O)CCCCNC(=O)OC(C)(C)C.CCOC(=O)C(SC(=S)N(c1ccccc1)c1ccccc1)C(=O)OCC.O=C(OOC(=O)c1ccccc1)c1ccccc1. The molecule has 2 amide bonds. The fourth-order valence-electron chi connectivity index (χ4n) is 7.37. The molecule has 0 fully saturated rings. The van der Waals surface area contributed by atoms with E-state index in [1.54, 1.807) is 123 Å². The monoisotopic (exact) mass is 1390 g/mol. The van der Waals surface area contributed by atoms with Crippen LogP contribution in [-0.4, -0.2) is 119 Å². The molecule has 0 aromatic heterocycles. The number of hydrogen-bond donors (Lipinski definition) is 2. The lowest BCUT2D eigenvalue weighted by Crippen LogP contribution is -2.34. The molecule has 0 bridgehead atoms. The van der Waals surface area contributed by atoms with E-state index in [1.807, 2.05) is 86.3 Å². The fraction of sp³-hybridized carbons (Fsp3) is 0.458. The van der Waals surface area contributed by atoms with Gasteiger partial charge in [-0.05, 0) is 156 Å². The van der Waals surface area contributed by atoms with Crippen molar-refractivity contribution in [3.05, 3.63) is 158 Å². The smallest absolute Gasteiger partial charge is 0.407 e.